The molecule has 1 saturated heterocycles. The fraction of sp³-hybridized carbons (Fsp3) is 0.882. The molecule has 0 radical (unpaired) electrons. The molecule has 1 N–H and O–H groups in total. The van der Waals surface area contributed by atoms with E-state index in [1.54, 1.807) is 0 Å². The molecule has 2 amide bonds. The van der Waals surface area contributed by atoms with E-state index in [2.05, 4.69) is 19.2 Å². The summed E-state index contributed by atoms with van der Waals surface area (Å²) in [5, 5.41) is 3.07. The van der Waals surface area contributed by atoms with Crippen LogP contribution < -0.4 is 5.32 Å². The molecule has 1 heterocycles. The van der Waals surface area contributed by atoms with Gasteiger partial charge in [-0.05, 0) is 38.5 Å². The summed E-state index contributed by atoms with van der Waals surface area (Å²) in [4.78, 5) is 28.1. The summed E-state index contributed by atoms with van der Waals surface area (Å²) < 4.78 is 0. The van der Waals surface area contributed by atoms with Crippen molar-refractivity contribution in [1.82, 2.24) is 10.2 Å². The molecule has 0 bridgehead atoms. The fourth-order valence-corrected chi connectivity index (χ4v) is 3.73. The van der Waals surface area contributed by atoms with Gasteiger partial charge in [0.25, 0.3) is 0 Å². The van der Waals surface area contributed by atoms with E-state index in [0.29, 0.717) is 25.7 Å². The van der Waals surface area contributed by atoms with Gasteiger partial charge in [-0.15, -0.1) is 0 Å². The largest absolute Gasteiger partial charge is 0.340 e. The average Bonchev–Trinajstić information content (AvgIpc) is 2.52. The molecular weight excluding hydrogens is 264 g/mol. The van der Waals surface area contributed by atoms with Crippen LogP contribution in [0.15, 0.2) is 0 Å². The summed E-state index contributed by atoms with van der Waals surface area (Å²) in [7, 11) is 0. The minimum atomic E-state index is -0.715. The van der Waals surface area contributed by atoms with Crippen molar-refractivity contribution < 1.29 is 9.59 Å². The predicted molar refractivity (Wildman–Crippen MR) is 86.0 cm³/mol. The van der Waals surface area contributed by atoms with Gasteiger partial charge in [0.1, 0.15) is 11.1 Å². The highest BCUT2D eigenvalue weighted by Crippen LogP contribution is 2.37. The fourth-order valence-electron chi connectivity index (χ4n) is 3.73. The van der Waals surface area contributed by atoms with Crippen molar-refractivity contribution in [1.29, 1.82) is 0 Å². The number of amides is 2. The van der Waals surface area contributed by atoms with E-state index in [9.17, 15) is 9.59 Å². The van der Waals surface area contributed by atoms with E-state index in [1.807, 2.05) is 32.6 Å². The molecule has 0 aromatic carbocycles. The molecule has 122 valence electrons. The van der Waals surface area contributed by atoms with Crippen molar-refractivity contribution in [3.05, 3.63) is 0 Å². The van der Waals surface area contributed by atoms with Gasteiger partial charge in [-0.1, -0.05) is 41.5 Å². The molecule has 1 fully saturated rings. The quantitative estimate of drug-likeness (QED) is 0.784. The molecule has 1 aliphatic rings. The van der Waals surface area contributed by atoms with Crippen LogP contribution in [-0.4, -0.2) is 33.8 Å². The van der Waals surface area contributed by atoms with Crippen LogP contribution in [0.25, 0.3) is 0 Å². The number of nitrogens with one attached hydrogen (secondary N) is 1. The van der Waals surface area contributed by atoms with Gasteiger partial charge in [0.2, 0.25) is 11.8 Å². The topological polar surface area (TPSA) is 49.4 Å². The van der Waals surface area contributed by atoms with Crippen LogP contribution in [-0.2, 0) is 9.59 Å². The smallest absolute Gasteiger partial charge is 0.249 e. The summed E-state index contributed by atoms with van der Waals surface area (Å²) in [6.07, 6.45) is 4.41. The van der Waals surface area contributed by atoms with Gasteiger partial charge < -0.3 is 10.2 Å². The first-order chi connectivity index (χ1) is 9.92. The van der Waals surface area contributed by atoms with E-state index < -0.39 is 11.1 Å². The van der Waals surface area contributed by atoms with Gasteiger partial charge in [-0.3, -0.25) is 9.59 Å². The third-order valence-corrected chi connectivity index (χ3v) is 5.55. The number of carbonyl (C=O) groups is 2. The van der Waals surface area contributed by atoms with Gasteiger partial charge in [0.05, 0.1) is 0 Å². The Morgan fingerprint density at radius 2 is 1.38 bits per heavy atom. The molecule has 0 unspecified atom stereocenters. The van der Waals surface area contributed by atoms with Crippen LogP contribution in [0, 0.1) is 0 Å². The maximum Gasteiger partial charge on any atom is 0.249 e. The zero-order valence-corrected chi connectivity index (χ0v) is 14.6. The van der Waals surface area contributed by atoms with Gasteiger partial charge in [-0.2, -0.15) is 0 Å². The lowest BCUT2D eigenvalue weighted by molar-refractivity contribution is -0.168. The highest BCUT2D eigenvalue weighted by atomic mass is 16.2. The van der Waals surface area contributed by atoms with Crippen LogP contribution in [0.1, 0.15) is 80.1 Å². The third-order valence-electron chi connectivity index (χ3n) is 5.55. The Morgan fingerprint density at radius 3 is 1.71 bits per heavy atom. The number of piperazine rings is 1. The molecule has 0 saturated carbocycles. The molecule has 0 spiro atoms. The first kappa shape index (κ1) is 18.0. The van der Waals surface area contributed by atoms with Crippen LogP contribution in [0.5, 0.6) is 0 Å². The van der Waals surface area contributed by atoms with Crippen molar-refractivity contribution in [3.63, 3.8) is 0 Å². The van der Waals surface area contributed by atoms with E-state index in [0.717, 1.165) is 12.8 Å². The standard InChI is InChI=1S/C17H32N2O2/c1-7-13(8-2)19-15(21)16(9-3,10-4)18-14(20)17(19,11-5)12-6/h13H,7-12H2,1-6H3,(H,18,20). The third kappa shape index (κ3) is 2.58. The Bertz CT molecular complexity index is 380. The molecule has 4 nitrogen and oxygen atoms in total. The molecule has 0 aromatic heterocycles. The average molecular weight is 296 g/mol. The second kappa shape index (κ2) is 6.80. The van der Waals surface area contributed by atoms with Gasteiger partial charge in [0.15, 0.2) is 0 Å². The summed E-state index contributed by atoms with van der Waals surface area (Å²) in [5.41, 5.74) is -1.39. The molecule has 0 atom stereocenters. The van der Waals surface area contributed by atoms with Crippen LogP contribution in [0.3, 0.4) is 0 Å². The number of nitrogens with zero attached hydrogens (tertiary/aromatic N) is 1. The SMILES string of the molecule is CCC(CC)N1C(=O)C(CC)(CC)NC(=O)C1(CC)CC. The second-order valence-corrected chi connectivity index (χ2v) is 6.13. The molecule has 4 heteroatoms. The van der Waals surface area contributed by atoms with Crippen molar-refractivity contribution >= 4 is 11.8 Å². The van der Waals surface area contributed by atoms with Crippen LogP contribution in [0.4, 0.5) is 0 Å². The number of carbonyl (C=O) groups excluding carboxylic acids is 2. The number of hydrogen-bond acceptors (Lipinski definition) is 2. The number of hydrogen-bond donors (Lipinski definition) is 1. The minimum absolute atomic E-state index is 0.0303. The Balaban J connectivity index is 3.43. The van der Waals surface area contributed by atoms with E-state index in [-0.39, 0.29) is 17.9 Å². The molecule has 1 rings (SSSR count). The lowest BCUT2D eigenvalue weighted by atomic mass is 9.77. The van der Waals surface area contributed by atoms with Crippen molar-refractivity contribution in [2.75, 3.05) is 0 Å². The molecule has 0 aliphatic carbocycles. The monoisotopic (exact) mass is 296 g/mol. The lowest BCUT2D eigenvalue weighted by Crippen LogP contribution is -2.76. The summed E-state index contributed by atoms with van der Waals surface area (Å²) in [6.45, 7) is 12.2. The van der Waals surface area contributed by atoms with E-state index >= 15 is 0 Å². The second-order valence-electron chi connectivity index (χ2n) is 6.13. The van der Waals surface area contributed by atoms with Crippen molar-refractivity contribution in [2.45, 2.75) is 97.2 Å². The number of rotatable bonds is 7. The van der Waals surface area contributed by atoms with E-state index in [4.69, 9.17) is 0 Å². The van der Waals surface area contributed by atoms with Gasteiger partial charge >= 0.3 is 0 Å². The minimum Gasteiger partial charge on any atom is -0.340 e. The first-order valence-corrected chi connectivity index (χ1v) is 8.59. The van der Waals surface area contributed by atoms with Crippen LogP contribution >= 0.6 is 0 Å². The summed E-state index contributed by atoms with van der Waals surface area (Å²) >= 11 is 0. The predicted octanol–water partition coefficient (Wildman–Crippen LogP) is 3.25. The molecule has 0 aromatic rings. The van der Waals surface area contributed by atoms with Crippen molar-refractivity contribution in [2.24, 2.45) is 0 Å². The Morgan fingerprint density at radius 1 is 0.905 bits per heavy atom. The first-order valence-electron chi connectivity index (χ1n) is 8.59. The zero-order valence-electron chi connectivity index (χ0n) is 14.6. The van der Waals surface area contributed by atoms with Gasteiger partial charge in [0, 0.05) is 6.04 Å². The Labute approximate surface area is 129 Å². The van der Waals surface area contributed by atoms with Crippen molar-refractivity contribution in [3.8, 4) is 0 Å². The van der Waals surface area contributed by atoms with Crippen LogP contribution in [0.2, 0.25) is 0 Å². The Kier molecular flexibility index (Phi) is 5.83. The maximum atomic E-state index is 13.3. The summed E-state index contributed by atoms with van der Waals surface area (Å²) in [5.74, 6) is 0.146. The Hall–Kier alpha value is -1.06. The van der Waals surface area contributed by atoms with E-state index in [1.165, 1.54) is 0 Å². The molecular formula is C17H32N2O2. The maximum absolute atomic E-state index is 13.3. The molecule has 21 heavy (non-hydrogen) atoms. The normalized spacial score (nSPS) is 20.8. The summed E-state index contributed by atoms with van der Waals surface area (Å²) in [6, 6.07) is 0.140. The molecule has 1 aliphatic heterocycles. The van der Waals surface area contributed by atoms with Gasteiger partial charge in [-0.25, -0.2) is 0 Å². The highest BCUT2D eigenvalue weighted by Gasteiger charge is 2.56. The lowest BCUT2D eigenvalue weighted by Gasteiger charge is -2.54. The highest BCUT2D eigenvalue weighted by molar-refractivity contribution is 6.02. The zero-order chi connectivity index (χ0) is 16.3.